The lowest BCUT2D eigenvalue weighted by molar-refractivity contribution is 0.101. The highest BCUT2D eigenvalue weighted by Crippen LogP contribution is 2.03. The van der Waals surface area contributed by atoms with Crippen molar-refractivity contribution >= 4 is 18.2 Å². The molecule has 15 heavy (non-hydrogen) atoms. The summed E-state index contributed by atoms with van der Waals surface area (Å²) in [6, 6.07) is 0. The second kappa shape index (κ2) is 4.75. The Hall–Kier alpha value is -1.62. The van der Waals surface area contributed by atoms with Crippen molar-refractivity contribution in [1.29, 1.82) is 0 Å². The third-order valence-corrected chi connectivity index (χ3v) is 1.97. The van der Waals surface area contributed by atoms with Gasteiger partial charge in [-0.15, -0.1) is 12.4 Å². The van der Waals surface area contributed by atoms with E-state index in [9.17, 15) is 4.79 Å². The summed E-state index contributed by atoms with van der Waals surface area (Å²) in [7, 11) is 0. The molecule has 5 nitrogen and oxygen atoms in total. The van der Waals surface area contributed by atoms with Gasteiger partial charge >= 0.3 is 0 Å². The van der Waals surface area contributed by atoms with Gasteiger partial charge in [-0.25, -0.2) is 9.97 Å². The minimum atomic E-state index is -0.179. The van der Waals surface area contributed by atoms with Crippen LogP contribution in [0.3, 0.4) is 0 Å². The molecule has 80 valence electrons. The summed E-state index contributed by atoms with van der Waals surface area (Å²) in [6.07, 6.45) is 6.55. The van der Waals surface area contributed by atoms with Gasteiger partial charge in [0.1, 0.15) is 0 Å². The fourth-order valence-electron chi connectivity index (χ4n) is 1.27. The maximum Gasteiger partial charge on any atom is 0.263 e. The molecule has 2 aromatic rings. The van der Waals surface area contributed by atoms with E-state index >= 15 is 0 Å². The van der Waals surface area contributed by atoms with Gasteiger partial charge in [0.15, 0.2) is 11.6 Å². The van der Waals surface area contributed by atoms with Crippen LogP contribution in [-0.4, -0.2) is 25.3 Å². The predicted octanol–water partition coefficient (Wildman–Crippen LogP) is 1.28. The number of aryl methyl sites for hydroxylation is 1. The monoisotopic (exact) mass is 226 g/mol. The smallest absolute Gasteiger partial charge is 0.263 e. The Morgan fingerprint density at radius 3 is 2.87 bits per heavy atom. The van der Waals surface area contributed by atoms with E-state index < -0.39 is 0 Å². The zero-order valence-electron chi connectivity index (χ0n) is 8.17. The standard InChI is InChI=1S/C9H10N4O.ClH/c1-2-13-6-5-12-9(13)7(14)8-10-3-4-11-8;/h3-6H,2H2,1H3,(H,10,11);1H. The van der Waals surface area contributed by atoms with Crippen molar-refractivity contribution in [2.45, 2.75) is 13.5 Å². The molecule has 0 bridgehead atoms. The molecular formula is C9H11ClN4O. The lowest BCUT2D eigenvalue weighted by Crippen LogP contribution is -2.11. The Labute approximate surface area is 93.0 Å². The molecule has 0 radical (unpaired) electrons. The van der Waals surface area contributed by atoms with Gasteiger partial charge in [0.05, 0.1) is 0 Å². The summed E-state index contributed by atoms with van der Waals surface area (Å²) >= 11 is 0. The second-order valence-corrected chi connectivity index (χ2v) is 2.80. The van der Waals surface area contributed by atoms with E-state index in [4.69, 9.17) is 0 Å². The van der Waals surface area contributed by atoms with E-state index in [1.54, 1.807) is 29.4 Å². The van der Waals surface area contributed by atoms with Gasteiger partial charge in [0, 0.05) is 31.3 Å². The highest BCUT2D eigenvalue weighted by atomic mass is 35.5. The molecule has 0 fully saturated rings. The maximum absolute atomic E-state index is 11.8. The lowest BCUT2D eigenvalue weighted by Gasteiger charge is -2.00. The van der Waals surface area contributed by atoms with E-state index in [1.165, 1.54) is 0 Å². The number of aromatic amines is 1. The Morgan fingerprint density at radius 1 is 1.47 bits per heavy atom. The van der Waals surface area contributed by atoms with E-state index in [-0.39, 0.29) is 18.2 Å². The fourth-order valence-corrected chi connectivity index (χ4v) is 1.27. The molecule has 2 aromatic heterocycles. The van der Waals surface area contributed by atoms with Crippen LogP contribution < -0.4 is 0 Å². The van der Waals surface area contributed by atoms with Crippen LogP contribution in [0.2, 0.25) is 0 Å². The summed E-state index contributed by atoms with van der Waals surface area (Å²) in [5.74, 6) is 0.565. The first-order valence-electron chi connectivity index (χ1n) is 4.38. The Morgan fingerprint density at radius 2 is 2.27 bits per heavy atom. The summed E-state index contributed by atoms with van der Waals surface area (Å²) in [5.41, 5.74) is 0. The first-order valence-corrected chi connectivity index (χ1v) is 4.38. The number of ketones is 1. The molecule has 6 heteroatoms. The molecule has 0 aliphatic rings. The number of nitrogens with one attached hydrogen (secondary N) is 1. The third kappa shape index (κ3) is 2.07. The molecule has 0 amide bonds. The van der Waals surface area contributed by atoms with Crippen molar-refractivity contribution in [3.8, 4) is 0 Å². The third-order valence-electron chi connectivity index (χ3n) is 1.97. The van der Waals surface area contributed by atoms with Gasteiger partial charge in [-0.1, -0.05) is 0 Å². The molecule has 0 aromatic carbocycles. The molecule has 0 saturated carbocycles. The molecule has 1 N–H and O–H groups in total. The zero-order valence-corrected chi connectivity index (χ0v) is 8.99. The molecule has 0 spiro atoms. The van der Waals surface area contributed by atoms with E-state index in [2.05, 4.69) is 15.0 Å². The Balaban J connectivity index is 0.00000112. The number of imidazole rings is 2. The molecule has 0 saturated heterocycles. The van der Waals surface area contributed by atoms with Crippen molar-refractivity contribution in [2.75, 3.05) is 0 Å². The van der Waals surface area contributed by atoms with Crippen LogP contribution in [0.15, 0.2) is 24.8 Å². The predicted molar refractivity (Wildman–Crippen MR) is 57.2 cm³/mol. The number of halogens is 1. The quantitative estimate of drug-likeness (QED) is 0.802. The molecule has 0 atom stereocenters. The number of aromatic nitrogens is 4. The summed E-state index contributed by atoms with van der Waals surface area (Å²) in [5, 5.41) is 0. The van der Waals surface area contributed by atoms with Crippen LogP contribution in [0.25, 0.3) is 0 Å². The SMILES string of the molecule is CCn1ccnc1C(=O)c1ncc[nH]1.Cl. The number of nitrogens with zero attached hydrogens (tertiary/aromatic N) is 3. The minimum absolute atomic E-state index is 0. The molecule has 0 unspecified atom stereocenters. The average molecular weight is 227 g/mol. The number of hydrogen-bond donors (Lipinski definition) is 1. The highest BCUT2D eigenvalue weighted by molar-refractivity contribution is 6.03. The Kier molecular flexibility index (Phi) is 3.62. The van der Waals surface area contributed by atoms with E-state index in [1.807, 2.05) is 6.92 Å². The second-order valence-electron chi connectivity index (χ2n) is 2.80. The lowest BCUT2D eigenvalue weighted by atomic mass is 10.3. The van der Waals surface area contributed by atoms with Crippen molar-refractivity contribution < 1.29 is 4.79 Å². The average Bonchev–Trinajstić information content (AvgIpc) is 2.87. The Bertz CT molecular complexity index is 435. The molecule has 0 aliphatic heterocycles. The molecule has 2 rings (SSSR count). The van der Waals surface area contributed by atoms with E-state index in [0.29, 0.717) is 11.6 Å². The normalized spacial score (nSPS) is 9.67. The number of H-pyrrole nitrogens is 1. The van der Waals surface area contributed by atoms with Gasteiger partial charge in [-0.2, -0.15) is 0 Å². The highest BCUT2D eigenvalue weighted by Gasteiger charge is 2.15. The van der Waals surface area contributed by atoms with Crippen LogP contribution >= 0.6 is 12.4 Å². The number of rotatable bonds is 3. The molecule has 0 aliphatic carbocycles. The minimum Gasteiger partial charge on any atom is -0.342 e. The molecular weight excluding hydrogens is 216 g/mol. The first-order chi connectivity index (χ1) is 6.83. The van der Waals surface area contributed by atoms with Gasteiger partial charge in [-0.3, -0.25) is 4.79 Å². The number of carbonyl (C=O) groups excluding carboxylic acids is 1. The first kappa shape index (κ1) is 11.5. The van der Waals surface area contributed by atoms with Gasteiger partial charge in [-0.05, 0) is 6.92 Å². The topological polar surface area (TPSA) is 63.6 Å². The van der Waals surface area contributed by atoms with Crippen LogP contribution in [0, 0.1) is 0 Å². The number of carbonyl (C=O) groups is 1. The van der Waals surface area contributed by atoms with Crippen LogP contribution in [-0.2, 0) is 6.54 Å². The van der Waals surface area contributed by atoms with Crippen LogP contribution in [0.4, 0.5) is 0 Å². The zero-order chi connectivity index (χ0) is 9.97. The van der Waals surface area contributed by atoms with Crippen molar-refractivity contribution in [1.82, 2.24) is 19.5 Å². The van der Waals surface area contributed by atoms with Gasteiger partial charge in [0.25, 0.3) is 5.78 Å². The molecule has 2 heterocycles. The largest absolute Gasteiger partial charge is 0.342 e. The van der Waals surface area contributed by atoms with Gasteiger partial charge < -0.3 is 9.55 Å². The summed E-state index contributed by atoms with van der Waals surface area (Å²) in [4.78, 5) is 22.4. The van der Waals surface area contributed by atoms with Crippen LogP contribution in [0.5, 0.6) is 0 Å². The summed E-state index contributed by atoms with van der Waals surface area (Å²) in [6.45, 7) is 2.68. The van der Waals surface area contributed by atoms with Crippen LogP contribution in [0.1, 0.15) is 23.4 Å². The van der Waals surface area contributed by atoms with Gasteiger partial charge in [0.2, 0.25) is 0 Å². The van der Waals surface area contributed by atoms with Crippen molar-refractivity contribution in [3.63, 3.8) is 0 Å². The number of hydrogen-bond acceptors (Lipinski definition) is 3. The maximum atomic E-state index is 11.8. The van der Waals surface area contributed by atoms with Crippen molar-refractivity contribution in [3.05, 3.63) is 36.4 Å². The van der Waals surface area contributed by atoms with Crippen molar-refractivity contribution in [2.24, 2.45) is 0 Å². The fraction of sp³-hybridized carbons (Fsp3) is 0.222. The van der Waals surface area contributed by atoms with E-state index in [0.717, 1.165) is 6.54 Å². The summed E-state index contributed by atoms with van der Waals surface area (Å²) < 4.78 is 1.78.